The van der Waals surface area contributed by atoms with E-state index in [4.69, 9.17) is 0 Å². The lowest BCUT2D eigenvalue weighted by atomic mass is 9.74. The van der Waals surface area contributed by atoms with E-state index in [1.807, 2.05) is 0 Å². The van der Waals surface area contributed by atoms with Crippen molar-refractivity contribution in [2.24, 2.45) is 5.41 Å². The molecule has 1 aliphatic rings. The summed E-state index contributed by atoms with van der Waals surface area (Å²) in [6.07, 6.45) is 10.8. The molecule has 1 unspecified atom stereocenters. The summed E-state index contributed by atoms with van der Waals surface area (Å²) in [6, 6.07) is 0.714. The van der Waals surface area contributed by atoms with Gasteiger partial charge in [-0.05, 0) is 57.4 Å². The van der Waals surface area contributed by atoms with Crippen molar-refractivity contribution in [3.05, 3.63) is 12.2 Å². The fraction of sp³-hybridized carbons (Fsp3) is 0.875. The van der Waals surface area contributed by atoms with Crippen molar-refractivity contribution >= 4 is 0 Å². The summed E-state index contributed by atoms with van der Waals surface area (Å²) in [4.78, 5) is 0. The number of hydrogen-bond donors (Lipinski definition) is 1. The van der Waals surface area contributed by atoms with Crippen LogP contribution < -0.4 is 5.32 Å². The Morgan fingerprint density at radius 2 is 1.94 bits per heavy atom. The van der Waals surface area contributed by atoms with Gasteiger partial charge in [0.05, 0.1) is 0 Å². The average molecular weight is 237 g/mol. The minimum atomic E-state index is 0.588. The maximum atomic E-state index is 4.05. The first-order valence-electron chi connectivity index (χ1n) is 7.52. The number of allylic oxidation sites excluding steroid dienone is 1. The van der Waals surface area contributed by atoms with Gasteiger partial charge in [-0.15, -0.1) is 6.58 Å². The Hall–Kier alpha value is -0.300. The first-order valence-corrected chi connectivity index (χ1v) is 7.52. The van der Waals surface area contributed by atoms with Crippen LogP contribution in [0.15, 0.2) is 12.2 Å². The SMILES string of the molecule is C=C(C)CCC(NCCC)C1(CC)CCCC1. The second-order valence-corrected chi connectivity index (χ2v) is 5.93. The molecule has 1 nitrogen and oxygen atoms in total. The largest absolute Gasteiger partial charge is 0.313 e. The highest BCUT2D eigenvalue weighted by atomic mass is 14.9. The van der Waals surface area contributed by atoms with E-state index < -0.39 is 0 Å². The smallest absolute Gasteiger partial charge is 0.0126 e. The minimum absolute atomic E-state index is 0.588. The predicted octanol–water partition coefficient (Wildman–Crippen LogP) is 4.68. The molecule has 0 aliphatic heterocycles. The van der Waals surface area contributed by atoms with Crippen molar-refractivity contribution in [2.75, 3.05) is 6.54 Å². The van der Waals surface area contributed by atoms with Gasteiger partial charge in [0.15, 0.2) is 0 Å². The Balaban J connectivity index is 2.61. The molecule has 1 aliphatic carbocycles. The van der Waals surface area contributed by atoms with Crippen LogP contribution in [0.1, 0.15) is 72.1 Å². The van der Waals surface area contributed by atoms with E-state index in [0.29, 0.717) is 11.5 Å². The highest BCUT2D eigenvalue weighted by Crippen LogP contribution is 2.45. The van der Waals surface area contributed by atoms with Gasteiger partial charge in [-0.2, -0.15) is 0 Å². The standard InChI is InChI=1S/C16H31N/c1-5-13-17-15(10-9-14(3)4)16(6-2)11-7-8-12-16/h15,17H,3,5-13H2,1-2,4H3. The Labute approximate surface area is 108 Å². The first kappa shape index (κ1) is 14.8. The quantitative estimate of drug-likeness (QED) is 0.604. The second-order valence-electron chi connectivity index (χ2n) is 5.93. The molecule has 1 rings (SSSR count). The molecule has 17 heavy (non-hydrogen) atoms. The molecule has 1 saturated carbocycles. The van der Waals surface area contributed by atoms with Crippen molar-refractivity contribution in [1.29, 1.82) is 0 Å². The normalized spacial score (nSPS) is 20.4. The van der Waals surface area contributed by atoms with E-state index >= 15 is 0 Å². The summed E-state index contributed by atoms with van der Waals surface area (Å²) in [5.74, 6) is 0. The molecule has 1 atom stereocenters. The third-order valence-corrected chi connectivity index (χ3v) is 4.54. The highest BCUT2D eigenvalue weighted by molar-refractivity contribution is 4.97. The monoisotopic (exact) mass is 237 g/mol. The molecule has 1 heteroatoms. The van der Waals surface area contributed by atoms with Crippen LogP contribution in [-0.4, -0.2) is 12.6 Å². The molecule has 0 aromatic heterocycles. The Kier molecular flexibility index (Phi) is 6.26. The van der Waals surface area contributed by atoms with Gasteiger partial charge in [-0.1, -0.05) is 32.3 Å². The van der Waals surface area contributed by atoms with E-state index in [1.54, 1.807) is 0 Å². The molecule has 1 N–H and O–H groups in total. The lowest BCUT2D eigenvalue weighted by Crippen LogP contribution is -2.44. The Morgan fingerprint density at radius 1 is 1.29 bits per heavy atom. The van der Waals surface area contributed by atoms with E-state index in [9.17, 15) is 0 Å². The fourth-order valence-electron chi connectivity index (χ4n) is 3.36. The molecule has 0 spiro atoms. The number of nitrogens with one attached hydrogen (secondary N) is 1. The zero-order valence-electron chi connectivity index (χ0n) is 12.1. The van der Waals surface area contributed by atoms with E-state index in [-0.39, 0.29) is 0 Å². The summed E-state index contributed by atoms with van der Waals surface area (Å²) < 4.78 is 0. The van der Waals surface area contributed by atoms with Gasteiger partial charge in [0.1, 0.15) is 0 Å². The Bertz CT molecular complexity index is 226. The van der Waals surface area contributed by atoms with Crippen LogP contribution in [0.2, 0.25) is 0 Å². The van der Waals surface area contributed by atoms with Crippen molar-refractivity contribution in [2.45, 2.75) is 78.2 Å². The second kappa shape index (κ2) is 7.20. The molecule has 0 amide bonds. The molecular formula is C16H31N. The molecule has 0 heterocycles. The molecule has 1 fully saturated rings. The molecular weight excluding hydrogens is 206 g/mol. The van der Waals surface area contributed by atoms with Crippen molar-refractivity contribution in [1.82, 2.24) is 5.32 Å². The highest BCUT2D eigenvalue weighted by Gasteiger charge is 2.38. The molecule has 0 radical (unpaired) electrons. The van der Waals surface area contributed by atoms with Crippen LogP contribution in [0.3, 0.4) is 0 Å². The molecule has 0 aromatic rings. The molecule has 100 valence electrons. The van der Waals surface area contributed by atoms with Crippen LogP contribution in [0.25, 0.3) is 0 Å². The summed E-state index contributed by atoms with van der Waals surface area (Å²) >= 11 is 0. The van der Waals surface area contributed by atoms with E-state index in [1.165, 1.54) is 63.5 Å². The fourth-order valence-corrected chi connectivity index (χ4v) is 3.36. The minimum Gasteiger partial charge on any atom is -0.313 e. The molecule has 0 aromatic carbocycles. The van der Waals surface area contributed by atoms with E-state index in [0.717, 1.165) is 0 Å². The number of rotatable bonds is 8. The van der Waals surface area contributed by atoms with Crippen molar-refractivity contribution in [3.63, 3.8) is 0 Å². The summed E-state index contributed by atoms with van der Waals surface area (Å²) in [5.41, 5.74) is 1.92. The average Bonchev–Trinajstić information content (AvgIpc) is 2.78. The van der Waals surface area contributed by atoms with Gasteiger partial charge in [-0.25, -0.2) is 0 Å². The van der Waals surface area contributed by atoms with Crippen LogP contribution in [0.4, 0.5) is 0 Å². The van der Waals surface area contributed by atoms with Gasteiger partial charge < -0.3 is 5.32 Å². The maximum absolute atomic E-state index is 4.05. The van der Waals surface area contributed by atoms with Crippen LogP contribution in [0.5, 0.6) is 0 Å². The first-order chi connectivity index (χ1) is 8.14. The Morgan fingerprint density at radius 3 is 2.41 bits per heavy atom. The predicted molar refractivity (Wildman–Crippen MR) is 77.3 cm³/mol. The van der Waals surface area contributed by atoms with Gasteiger partial charge in [0, 0.05) is 6.04 Å². The summed E-state index contributed by atoms with van der Waals surface area (Å²) in [6.45, 7) is 12.0. The van der Waals surface area contributed by atoms with Gasteiger partial charge in [0.2, 0.25) is 0 Å². The third-order valence-electron chi connectivity index (χ3n) is 4.54. The maximum Gasteiger partial charge on any atom is 0.0126 e. The third kappa shape index (κ3) is 4.13. The molecule has 0 bridgehead atoms. The number of hydrogen-bond acceptors (Lipinski definition) is 1. The zero-order valence-corrected chi connectivity index (χ0v) is 12.1. The van der Waals surface area contributed by atoms with Crippen molar-refractivity contribution in [3.8, 4) is 0 Å². The van der Waals surface area contributed by atoms with Gasteiger partial charge >= 0.3 is 0 Å². The van der Waals surface area contributed by atoms with E-state index in [2.05, 4.69) is 32.7 Å². The topological polar surface area (TPSA) is 12.0 Å². The van der Waals surface area contributed by atoms with Crippen LogP contribution >= 0.6 is 0 Å². The van der Waals surface area contributed by atoms with Crippen LogP contribution in [0, 0.1) is 5.41 Å². The van der Waals surface area contributed by atoms with Gasteiger partial charge in [0.25, 0.3) is 0 Å². The lowest BCUT2D eigenvalue weighted by Gasteiger charge is -2.38. The van der Waals surface area contributed by atoms with Gasteiger partial charge in [-0.3, -0.25) is 0 Å². The summed E-state index contributed by atoms with van der Waals surface area (Å²) in [5, 5.41) is 3.82. The van der Waals surface area contributed by atoms with Crippen LogP contribution in [-0.2, 0) is 0 Å². The zero-order chi connectivity index (χ0) is 12.7. The van der Waals surface area contributed by atoms with Crippen molar-refractivity contribution < 1.29 is 0 Å². The summed E-state index contributed by atoms with van der Waals surface area (Å²) in [7, 11) is 0. The molecule has 0 saturated heterocycles. The lowest BCUT2D eigenvalue weighted by molar-refractivity contribution is 0.177.